The minimum atomic E-state index is -0.498. The van der Waals surface area contributed by atoms with E-state index in [2.05, 4.69) is 31.1 Å². The van der Waals surface area contributed by atoms with Crippen molar-refractivity contribution in [3.05, 3.63) is 34.7 Å². The van der Waals surface area contributed by atoms with Gasteiger partial charge in [-0.05, 0) is 28.1 Å². The molecule has 102 valence electrons. The fourth-order valence-corrected chi connectivity index (χ4v) is 2.25. The van der Waals surface area contributed by atoms with Gasteiger partial charge in [-0.15, -0.1) is 0 Å². The Labute approximate surface area is 122 Å². The Hall–Kier alpha value is -2.22. The van der Waals surface area contributed by atoms with Crippen LogP contribution in [-0.2, 0) is 11.8 Å². The van der Waals surface area contributed by atoms with Gasteiger partial charge < -0.3 is 4.74 Å². The average molecular weight is 336 g/mol. The number of rotatable bonds is 2. The van der Waals surface area contributed by atoms with Crippen LogP contribution >= 0.6 is 15.9 Å². The number of hydrogen-bond donors (Lipinski definition) is 0. The molecule has 0 saturated carbocycles. The summed E-state index contributed by atoms with van der Waals surface area (Å²) in [6, 6.07) is 5.17. The van der Waals surface area contributed by atoms with E-state index in [1.165, 1.54) is 7.11 Å². The highest BCUT2D eigenvalue weighted by molar-refractivity contribution is 9.10. The van der Waals surface area contributed by atoms with E-state index in [0.717, 1.165) is 0 Å². The number of halogens is 1. The number of carbonyl (C=O) groups is 1. The van der Waals surface area contributed by atoms with Gasteiger partial charge in [0.25, 0.3) is 0 Å². The van der Waals surface area contributed by atoms with Gasteiger partial charge in [-0.2, -0.15) is 10.2 Å². The Bertz CT molecular complexity index is 807. The van der Waals surface area contributed by atoms with Crippen LogP contribution in [0.5, 0.6) is 0 Å². The van der Waals surface area contributed by atoms with Gasteiger partial charge in [0.05, 0.1) is 12.8 Å². The molecule has 0 atom stereocenters. The maximum atomic E-state index is 11.7. The first-order valence-electron chi connectivity index (χ1n) is 5.73. The van der Waals surface area contributed by atoms with Crippen molar-refractivity contribution in [2.24, 2.45) is 7.05 Å². The summed E-state index contributed by atoms with van der Waals surface area (Å²) in [4.78, 5) is 15.9. The molecule has 0 aromatic carbocycles. The summed E-state index contributed by atoms with van der Waals surface area (Å²) in [5, 5.41) is 8.62. The third-order valence-electron chi connectivity index (χ3n) is 2.77. The molecule has 7 nitrogen and oxygen atoms in total. The minimum absolute atomic E-state index is 0.216. The highest BCUT2D eigenvalue weighted by Crippen LogP contribution is 2.21. The molecule has 3 heterocycles. The largest absolute Gasteiger partial charge is 0.464 e. The number of aryl methyl sites for hydroxylation is 1. The standard InChI is InChI=1S/C12H10BrN5O2/c1-17-4-3-7(15-17)9-5-8(12(19)20-2)14-11-6-10(13)16-18(9)11/h3-6H,1-2H3. The van der Waals surface area contributed by atoms with E-state index in [0.29, 0.717) is 21.6 Å². The number of carbonyl (C=O) groups excluding carboxylic acids is 1. The number of esters is 1. The van der Waals surface area contributed by atoms with Crippen LogP contribution in [-0.4, -0.2) is 37.5 Å². The van der Waals surface area contributed by atoms with Crippen LogP contribution < -0.4 is 0 Å². The van der Waals surface area contributed by atoms with Gasteiger partial charge in [0.1, 0.15) is 10.3 Å². The van der Waals surface area contributed by atoms with Gasteiger partial charge in [-0.25, -0.2) is 14.3 Å². The van der Waals surface area contributed by atoms with Crippen molar-refractivity contribution in [1.29, 1.82) is 0 Å². The van der Waals surface area contributed by atoms with Crippen LogP contribution in [0.1, 0.15) is 10.5 Å². The second-order valence-corrected chi connectivity index (χ2v) is 4.94. The van der Waals surface area contributed by atoms with Crippen molar-refractivity contribution < 1.29 is 9.53 Å². The number of ether oxygens (including phenoxy) is 1. The first kappa shape index (κ1) is 12.8. The Morgan fingerprint density at radius 3 is 2.80 bits per heavy atom. The molecule has 0 unspecified atom stereocenters. The first-order valence-corrected chi connectivity index (χ1v) is 6.52. The van der Waals surface area contributed by atoms with Gasteiger partial charge in [0.2, 0.25) is 0 Å². The lowest BCUT2D eigenvalue weighted by atomic mass is 10.2. The third kappa shape index (κ3) is 2.07. The van der Waals surface area contributed by atoms with E-state index in [1.807, 2.05) is 19.3 Å². The molecule has 3 aromatic heterocycles. The Balaban J connectivity index is 2.29. The van der Waals surface area contributed by atoms with E-state index >= 15 is 0 Å². The zero-order chi connectivity index (χ0) is 14.3. The summed E-state index contributed by atoms with van der Waals surface area (Å²) >= 11 is 3.30. The highest BCUT2D eigenvalue weighted by atomic mass is 79.9. The summed E-state index contributed by atoms with van der Waals surface area (Å²) in [5.74, 6) is -0.498. The highest BCUT2D eigenvalue weighted by Gasteiger charge is 2.16. The molecule has 0 aliphatic carbocycles. The summed E-state index contributed by atoms with van der Waals surface area (Å²) in [6.45, 7) is 0. The number of fused-ring (bicyclic) bond motifs is 1. The first-order chi connectivity index (χ1) is 9.58. The Morgan fingerprint density at radius 2 is 2.15 bits per heavy atom. The molecule has 20 heavy (non-hydrogen) atoms. The van der Waals surface area contributed by atoms with Crippen molar-refractivity contribution in [2.45, 2.75) is 0 Å². The van der Waals surface area contributed by atoms with Crippen LogP contribution in [0.4, 0.5) is 0 Å². The zero-order valence-electron chi connectivity index (χ0n) is 10.7. The SMILES string of the molecule is COC(=O)c1cc(-c2ccn(C)n2)n2nc(Br)cc2n1. The lowest BCUT2D eigenvalue weighted by Gasteiger charge is -2.04. The summed E-state index contributed by atoms with van der Waals surface area (Å²) < 4.78 is 8.65. The van der Waals surface area contributed by atoms with E-state index in [4.69, 9.17) is 4.74 Å². The van der Waals surface area contributed by atoms with Crippen molar-refractivity contribution >= 4 is 27.5 Å². The van der Waals surface area contributed by atoms with Gasteiger partial charge in [0.15, 0.2) is 11.3 Å². The van der Waals surface area contributed by atoms with Crippen LogP contribution in [0.25, 0.3) is 17.0 Å². The normalized spacial score (nSPS) is 10.9. The third-order valence-corrected chi connectivity index (χ3v) is 3.16. The van der Waals surface area contributed by atoms with Crippen LogP contribution in [0, 0.1) is 0 Å². The van der Waals surface area contributed by atoms with E-state index in [9.17, 15) is 4.79 Å². The Kier molecular flexibility index (Phi) is 3.01. The van der Waals surface area contributed by atoms with Crippen LogP contribution in [0.15, 0.2) is 29.0 Å². The fourth-order valence-electron chi connectivity index (χ4n) is 1.89. The predicted octanol–water partition coefficient (Wildman–Crippen LogP) is 1.68. The van der Waals surface area contributed by atoms with Crippen molar-refractivity contribution in [1.82, 2.24) is 24.4 Å². The summed E-state index contributed by atoms with van der Waals surface area (Å²) in [6.07, 6.45) is 1.82. The van der Waals surface area contributed by atoms with E-state index in [-0.39, 0.29) is 5.69 Å². The monoisotopic (exact) mass is 335 g/mol. The summed E-state index contributed by atoms with van der Waals surface area (Å²) in [7, 11) is 3.14. The molecular weight excluding hydrogens is 326 g/mol. The minimum Gasteiger partial charge on any atom is -0.464 e. The topological polar surface area (TPSA) is 74.3 Å². The molecule has 0 spiro atoms. The fraction of sp³-hybridized carbons (Fsp3) is 0.167. The van der Waals surface area contributed by atoms with Crippen LogP contribution in [0.2, 0.25) is 0 Å². The van der Waals surface area contributed by atoms with Crippen molar-refractivity contribution in [2.75, 3.05) is 7.11 Å². The van der Waals surface area contributed by atoms with Crippen molar-refractivity contribution in [3.8, 4) is 11.4 Å². The Morgan fingerprint density at radius 1 is 1.35 bits per heavy atom. The number of hydrogen-bond acceptors (Lipinski definition) is 5. The molecular formula is C12H10BrN5O2. The molecule has 3 rings (SSSR count). The quantitative estimate of drug-likeness (QED) is 0.666. The lowest BCUT2D eigenvalue weighted by Crippen LogP contribution is -2.08. The molecule has 0 radical (unpaired) electrons. The van der Waals surface area contributed by atoms with Gasteiger partial charge in [0, 0.05) is 19.3 Å². The maximum absolute atomic E-state index is 11.7. The zero-order valence-corrected chi connectivity index (χ0v) is 12.3. The molecule has 8 heteroatoms. The average Bonchev–Trinajstić information content (AvgIpc) is 3.01. The van der Waals surface area contributed by atoms with Gasteiger partial charge in [-0.1, -0.05) is 0 Å². The second-order valence-electron chi connectivity index (χ2n) is 4.13. The van der Waals surface area contributed by atoms with E-state index in [1.54, 1.807) is 21.3 Å². The predicted molar refractivity (Wildman–Crippen MR) is 74.2 cm³/mol. The number of nitrogens with zero attached hydrogens (tertiary/aromatic N) is 5. The van der Waals surface area contributed by atoms with Gasteiger partial charge in [-0.3, -0.25) is 4.68 Å². The molecule has 0 aliphatic heterocycles. The number of aromatic nitrogens is 5. The molecule has 0 N–H and O–H groups in total. The second kappa shape index (κ2) is 4.71. The van der Waals surface area contributed by atoms with E-state index < -0.39 is 5.97 Å². The van der Waals surface area contributed by atoms with Crippen molar-refractivity contribution in [3.63, 3.8) is 0 Å². The molecule has 0 fully saturated rings. The maximum Gasteiger partial charge on any atom is 0.356 e. The molecule has 3 aromatic rings. The molecule has 0 aliphatic rings. The smallest absolute Gasteiger partial charge is 0.356 e. The summed E-state index contributed by atoms with van der Waals surface area (Å²) in [5.41, 5.74) is 2.12. The molecule has 0 bridgehead atoms. The molecule has 0 amide bonds. The van der Waals surface area contributed by atoms with Crippen LogP contribution in [0.3, 0.4) is 0 Å². The van der Waals surface area contributed by atoms with Gasteiger partial charge >= 0.3 is 5.97 Å². The lowest BCUT2D eigenvalue weighted by molar-refractivity contribution is 0.0594. The molecule has 0 saturated heterocycles. The number of methoxy groups -OCH3 is 1.